The number of fused-ring (bicyclic) bond motifs is 1. The lowest BCUT2D eigenvalue weighted by molar-refractivity contribution is -0.121. The van der Waals surface area contributed by atoms with Gasteiger partial charge < -0.3 is 14.8 Å². The van der Waals surface area contributed by atoms with Crippen molar-refractivity contribution in [2.75, 3.05) is 25.6 Å². The highest BCUT2D eigenvalue weighted by atomic mass is 35.5. The molecule has 1 N–H and O–H groups in total. The SMILES string of the molecule is O=C(CCCCl)NCCc1ccc2c(c1)OCCO2. The van der Waals surface area contributed by atoms with Crippen molar-refractivity contribution >= 4 is 17.5 Å². The Morgan fingerprint density at radius 1 is 1.26 bits per heavy atom. The maximum absolute atomic E-state index is 11.4. The first-order chi connectivity index (χ1) is 9.29. The van der Waals surface area contributed by atoms with E-state index in [1.807, 2.05) is 18.2 Å². The monoisotopic (exact) mass is 283 g/mol. The molecule has 1 aromatic rings. The van der Waals surface area contributed by atoms with Gasteiger partial charge in [0.15, 0.2) is 11.5 Å². The third-order valence-electron chi connectivity index (χ3n) is 2.88. The fraction of sp³-hybridized carbons (Fsp3) is 0.500. The lowest BCUT2D eigenvalue weighted by Crippen LogP contribution is -2.25. The van der Waals surface area contributed by atoms with Gasteiger partial charge in [-0.25, -0.2) is 0 Å². The number of ether oxygens (including phenoxy) is 2. The van der Waals surface area contributed by atoms with Crippen LogP contribution in [0.25, 0.3) is 0 Å². The number of benzene rings is 1. The lowest BCUT2D eigenvalue weighted by atomic mass is 10.1. The molecule has 1 aromatic carbocycles. The molecule has 1 aliphatic heterocycles. The first-order valence-corrected chi connectivity index (χ1v) is 7.04. The molecule has 0 spiro atoms. The summed E-state index contributed by atoms with van der Waals surface area (Å²) in [5, 5.41) is 2.88. The average molecular weight is 284 g/mol. The van der Waals surface area contributed by atoms with Gasteiger partial charge in [-0.1, -0.05) is 6.07 Å². The zero-order chi connectivity index (χ0) is 13.5. The van der Waals surface area contributed by atoms with Crippen LogP contribution in [0.4, 0.5) is 0 Å². The number of hydrogen-bond acceptors (Lipinski definition) is 3. The summed E-state index contributed by atoms with van der Waals surface area (Å²) < 4.78 is 11.0. The van der Waals surface area contributed by atoms with Gasteiger partial charge in [-0.3, -0.25) is 4.79 Å². The van der Waals surface area contributed by atoms with E-state index in [9.17, 15) is 4.79 Å². The fourth-order valence-corrected chi connectivity index (χ4v) is 2.04. The molecule has 5 heteroatoms. The third-order valence-corrected chi connectivity index (χ3v) is 3.15. The van der Waals surface area contributed by atoms with E-state index in [1.165, 1.54) is 0 Å². The van der Waals surface area contributed by atoms with Gasteiger partial charge in [0.25, 0.3) is 0 Å². The highest BCUT2D eigenvalue weighted by Gasteiger charge is 2.11. The molecule has 0 atom stereocenters. The Labute approximate surface area is 118 Å². The van der Waals surface area contributed by atoms with Crippen LogP contribution >= 0.6 is 11.6 Å². The molecule has 0 unspecified atom stereocenters. The Hall–Kier alpha value is -1.42. The minimum atomic E-state index is 0.0539. The number of rotatable bonds is 6. The Kier molecular flexibility index (Phi) is 5.33. The number of alkyl halides is 1. The summed E-state index contributed by atoms with van der Waals surface area (Å²) in [7, 11) is 0. The maximum Gasteiger partial charge on any atom is 0.220 e. The summed E-state index contributed by atoms with van der Waals surface area (Å²) in [5.41, 5.74) is 1.13. The van der Waals surface area contributed by atoms with E-state index in [1.54, 1.807) is 0 Å². The molecule has 0 saturated carbocycles. The number of halogens is 1. The van der Waals surface area contributed by atoms with Crippen molar-refractivity contribution in [3.8, 4) is 11.5 Å². The number of nitrogens with one attached hydrogen (secondary N) is 1. The van der Waals surface area contributed by atoms with Gasteiger partial charge in [0, 0.05) is 18.8 Å². The molecular formula is C14H18ClNO3. The van der Waals surface area contributed by atoms with Gasteiger partial charge in [0.05, 0.1) is 0 Å². The quantitative estimate of drug-likeness (QED) is 0.814. The Balaban J connectivity index is 1.78. The Bertz CT molecular complexity index is 437. The van der Waals surface area contributed by atoms with Crippen LogP contribution in [0, 0.1) is 0 Å². The molecule has 0 aromatic heterocycles. The molecule has 0 radical (unpaired) electrons. The minimum Gasteiger partial charge on any atom is -0.486 e. The second-order valence-corrected chi connectivity index (χ2v) is 4.75. The topological polar surface area (TPSA) is 47.6 Å². The van der Waals surface area contributed by atoms with Crippen molar-refractivity contribution in [3.05, 3.63) is 23.8 Å². The second-order valence-electron chi connectivity index (χ2n) is 4.37. The van der Waals surface area contributed by atoms with Crippen LogP contribution in [0.3, 0.4) is 0 Å². The van der Waals surface area contributed by atoms with Crippen LogP contribution in [0.15, 0.2) is 18.2 Å². The van der Waals surface area contributed by atoms with Gasteiger partial charge in [-0.05, 0) is 30.5 Å². The summed E-state index contributed by atoms with van der Waals surface area (Å²) in [4.78, 5) is 11.4. The average Bonchev–Trinajstić information content (AvgIpc) is 2.45. The van der Waals surface area contributed by atoms with Gasteiger partial charge in [0.1, 0.15) is 13.2 Å². The van der Waals surface area contributed by atoms with E-state index in [-0.39, 0.29) is 5.91 Å². The fourth-order valence-electron chi connectivity index (χ4n) is 1.91. The predicted octanol–water partition coefficient (Wildman–Crippen LogP) is 2.14. The minimum absolute atomic E-state index is 0.0539. The summed E-state index contributed by atoms with van der Waals surface area (Å²) in [6.07, 6.45) is 1.99. The van der Waals surface area contributed by atoms with Gasteiger partial charge in [-0.15, -0.1) is 11.6 Å². The first kappa shape index (κ1) is 14.0. The molecule has 4 nitrogen and oxygen atoms in total. The number of amides is 1. The van der Waals surface area contributed by atoms with Crippen LogP contribution in [0.2, 0.25) is 0 Å². The summed E-state index contributed by atoms with van der Waals surface area (Å²) in [6, 6.07) is 5.89. The second kappa shape index (κ2) is 7.24. The van der Waals surface area contributed by atoms with E-state index < -0.39 is 0 Å². The predicted molar refractivity (Wildman–Crippen MR) is 74.1 cm³/mol. The molecule has 1 amide bonds. The molecule has 104 valence electrons. The highest BCUT2D eigenvalue weighted by Crippen LogP contribution is 2.30. The summed E-state index contributed by atoms with van der Waals surface area (Å²) in [6.45, 7) is 1.81. The van der Waals surface area contributed by atoms with Crippen LogP contribution in [0.5, 0.6) is 11.5 Å². The van der Waals surface area contributed by atoms with Crippen molar-refractivity contribution in [1.29, 1.82) is 0 Å². The molecule has 0 fully saturated rings. The smallest absolute Gasteiger partial charge is 0.220 e. The largest absolute Gasteiger partial charge is 0.486 e. The summed E-state index contributed by atoms with van der Waals surface area (Å²) >= 11 is 5.54. The maximum atomic E-state index is 11.4. The van der Waals surface area contributed by atoms with Crippen LogP contribution in [0.1, 0.15) is 18.4 Å². The first-order valence-electron chi connectivity index (χ1n) is 6.51. The standard InChI is InChI=1S/C14H18ClNO3/c15-6-1-2-14(17)16-7-5-11-3-4-12-13(10-11)19-9-8-18-12/h3-4,10H,1-2,5-9H2,(H,16,17). The van der Waals surface area contributed by atoms with E-state index in [2.05, 4.69) is 5.32 Å². The zero-order valence-corrected chi connectivity index (χ0v) is 11.5. The molecule has 1 heterocycles. The Morgan fingerprint density at radius 2 is 2.05 bits per heavy atom. The van der Waals surface area contributed by atoms with Crippen molar-refractivity contribution in [1.82, 2.24) is 5.32 Å². The van der Waals surface area contributed by atoms with Crippen molar-refractivity contribution < 1.29 is 14.3 Å². The van der Waals surface area contributed by atoms with Crippen LogP contribution in [-0.2, 0) is 11.2 Å². The molecule has 0 aliphatic carbocycles. The van der Waals surface area contributed by atoms with Crippen LogP contribution < -0.4 is 14.8 Å². The summed E-state index contributed by atoms with van der Waals surface area (Å²) in [5.74, 6) is 2.16. The number of hydrogen-bond donors (Lipinski definition) is 1. The number of carbonyl (C=O) groups is 1. The van der Waals surface area contributed by atoms with Crippen molar-refractivity contribution in [2.24, 2.45) is 0 Å². The van der Waals surface area contributed by atoms with Crippen molar-refractivity contribution in [3.63, 3.8) is 0 Å². The van der Waals surface area contributed by atoms with E-state index in [0.717, 1.165) is 29.9 Å². The molecular weight excluding hydrogens is 266 g/mol. The van der Waals surface area contributed by atoms with Gasteiger partial charge in [-0.2, -0.15) is 0 Å². The molecule has 1 aliphatic rings. The third kappa shape index (κ3) is 4.31. The zero-order valence-electron chi connectivity index (χ0n) is 10.8. The number of carbonyl (C=O) groups excluding carboxylic acids is 1. The van der Waals surface area contributed by atoms with Crippen LogP contribution in [-0.4, -0.2) is 31.5 Å². The normalized spacial score (nSPS) is 13.1. The lowest BCUT2D eigenvalue weighted by Gasteiger charge is -2.18. The van der Waals surface area contributed by atoms with E-state index in [0.29, 0.717) is 32.1 Å². The van der Waals surface area contributed by atoms with Gasteiger partial charge >= 0.3 is 0 Å². The molecule has 0 saturated heterocycles. The Morgan fingerprint density at radius 3 is 2.84 bits per heavy atom. The van der Waals surface area contributed by atoms with E-state index >= 15 is 0 Å². The van der Waals surface area contributed by atoms with E-state index in [4.69, 9.17) is 21.1 Å². The molecule has 2 rings (SSSR count). The molecule has 19 heavy (non-hydrogen) atoms. The highest BCUT2D eigenvalue weighted by molar-refractivity contribution is 6.17. The van der Waals surface area contributed by atoms with Gasteiger partial charge in [0.2, 0.25) is 5.91 Å². The van der Waals surface area contributed by atoms with Crippen molar-refractivity contribution in [2.45, 2.75) is 19.3 Å². The molecule has 0 bridgehead atoms.